The standard InChI is InChI=1S/C8H17Cl2P/c1-3-5-6-8(4-2)7-11(9)10/h8H,3-7H2,1-2H3. The molecule has 11 heavy (non-hydrogen) atoms. The predicted molar refractivity (Wildman–Crippen MR) is 56.8 cm³/mol. The van der Waals surface area contributed by atoms with E-state index in [4.69, 9.17) is 22.5 Å². The molecule has 0 rings (SSSR count). The van der Waals surface area contributed by atoms with Crippen LogP contribution in [-0.2, 0) is 0 Å². The van der Waals surface area contributed by atoms with Gasteiger partial charge in [0.1, 0.15) is 0 Å². The Kier molecular flexibility index (Phi) is 8.35. The van der Waals surface area contributed by atoms with Gasteiger partial charge in [0.25, 0.3) is 0 Å². The van der Waals surface area contributed by atoms with Crippen molar-refractivity contribution in [2.24, 2.45) is 5.92 Å². The molecule has 1 unspecified atom stereocenters. The first kappa shape index (κ1) is 12.0. The Labute approximate surface area is 81.0 Å². The molecule has 0 aliphatic carbocycles. The minimum atomic E-state index is -0.718. The molecule has 0 aliphatic rings. The highest BCUT2D eigenvalue weighted by Gasteiger charge is 2.09. The van der Waals surface area contributed by atoms with Gasteiger partial charge in [-0.25, -0.2) is 0 Å². The number of hydrogen-bond acceptors (Lipinski definition) is 0. The normalized spacial score (nSPS) is 13.9. The first-order valence-electron chi connectivity index (χ1n) is 4.29. The Morgan fingerprint density at radius 2 is 1.91 bits per heavy atom. The largest absolute Gasteiger partial charge is 0.0857 e. The van der Waals surface area contributed by atoms with E-state index in [1.807, 2.05) is 0 Å². The molecule has 0 radical (unpaired) electrons. The van der Waals surface area contributed by atoms with E-state index in [-0.39, 0.29) is 0 Å². The minimum absolute atomic E-state index is 0.718. The van der Waals surface area contributed by atoms with E-state index >= 15 is 0 Å². The van der Waals surface area contributed by atoms with Crippen molar-refractivity contribution < 1.29 is 0 Å². The second-order valence-corrected chi connectivity index (χ2v) is 6.84. The second-order valence-electron chi connectivity index (χ2n) is 2.90. The molecule has 68 valence electrons. The Morgan fingerprint density at radius 3 is 2.27 bits per heavy atom. The van der Waals surface area contributed by atoms with Gasteiger partial charge in [0.2, 0.25) is 0 Å². The molecule has 0 fully saturated rings. The maximum atomic E-state index is 5.76. The molecule has 3 heteroatoms. The maximum Gasteiger partial charge on any atom is 0.0857 e. The Morgan fingerprint density at radius 1 is 1.27 bits per heavy atom. The van der Waals surface area contributed by atoms with Crippen molar-refractivity contribution in [2.75, 3.05) is 6.16 Å². The number of unbranched alkanes of at least 4 members (excludes halogenated alkanes) is 1. The van der Waals surface area contributed by atoms with Crippen molar-refractivity contribution >= 4 is 29.1 Å². The lowest BCUT2D eigenvalue weighted by molar-refractivity contribution is 0.499. The van der Waals surface area contributed by atoms with Gasteiger partial charge in [0, 0.05) is 0 Å². The fraction of sp³-hybridized carbons (Fsp3) is 1.00. The van der Waals surface area contributed by atoms with Gasteiger partial charge in [-0.1, -0.05) is 62.0 Å². The van der Waals surface area contributed by atoms with Crippen molar-refractivity contribution in [1.29, 1.82) is 0 Å². The van der Waals surface area contributed by atoms with Gasteiger partial charge < -0.3 is 0 Å². The number of rotatable bonds is 6. The highest BCUT2D eigenvalue weighted by Crippen LogP contribution is 2.49. The van der Waals surface area contributed by atoms with Gasteiger partial charge in [0.05, 0.1) is 6.63 Å². The Balaban J connectivity index is 3.41. The molecule has 0 aliphatic heterocycles. The molecule has 0 amide bonds. The summed E-state index contributed by atoms with van der Waals surface area (Å²) in [6.07, 6.45) is 6.13. The molecule has 0 heterocycles. The molecule has 0 N–H and O–H groups in total. The fourth-order valence-corrected chi connectivity index (χ4v) is 3.11. The average molecular weight is 215 g/mol. The van der Waals surface area contributed by atoms with Crippen LogP contribution in [0.1, 0.15) is 39.5 Å². The minimum Gasteiger partial charge on any atom is -0.0781 e. The summed E-state index contributed by atoms with van der Waals surface area (Å²) in [5.74, 6) is 0.760. The third-order valence-electron chi connectivity index (χ3n) is 1.94. The van der Waals surface area contributed by atoms with Crippen LogP contribution in [0, 0.1) is 5.92 Å². The van der Waals surface area contributed by atoms with Crippen LogP contribution in [0.25, 0.3) is 0 Å². The smallest absolute Gasteiger partial charge is 0.0781 e. The van der Waals surface area contributed by atoms with Crippen molar-refractivity contribution in [3.05, 3.63) is 0 Å². The Hall–Kier alpha value is 1.01. The van der Waals surface area contributed by atoms with Gasteiger partial charge in [0.15, 0.2) is 0 Å². The number of hydrogen-bond donors (Lipinski definition) is 0. The summed E-state index contributed by atoms with van der Waals surface area (Å²) in [6, 6.07) is 0. The van der Waals surface area contributed by atoms with Gasteiger partial charge in [-0.3, -0.25) is 0 Å². The summed E-state index contributed by atoms with van der Waals surface area (Å²) < 4.78 is 0. The molecule has 0 bridgehead atoms. The molecular weight excluding hydrogens is 198 g/mol. The third kappa shape index (κ3) is 7.37. The highest BCUT2D eigenvalue weighted by molar-refractivity contribution is 8.03. The summed E-state index contributed by atoms with van der Waals surface area (Å²) in [7, 11) is 0. The van der Waals surface area contributed by atoms with Gasteiger partial charge in [-0.2, -0.15) is 0 Å². The van der Waals surface area contributed by atoms with E-state index in [1.54, 1.807) is 0 Å². The first-order chi connectivity index (χ1) is 5.20. The summed E-state index contributed by atoms with van der Waals surface area (Å²) in [5, 5.41) is 0. The molecular formula is C8H17Cl2P. The Bertz CT molecular complexity index is 86.2. The summed E-state index contributed by atoms with van der Waals surface area (Å²) in [4.78, 5) is 0. The van der Waals surface area contributed by atoms with Gasteiger partial charge >= 0.3 is 0 Å². The van der Waals surface area contributed by atoms with Crippen molar-refractivity contribution in [3.8, 4) is 0 Å². The molecule has 0 nitrogen and oxygen atoms in total. The molecule has 0 aromatic rings. The van der Waals surface area contributed by atoms with E-state index in [2.05, 4.69) is 13.8 Å². The van der Waals surface area contributed by atoms with E-state index < -0.39 is 6.63 Å². The van der Waals surface area contributed by atoms with E-state index in [0.29, 0.717) is 0 Å². The molecule has 0 saturated carbocycles. The van der Waals surface area contributed by atoms with Crippen LogP contribution in [0.15, 0.2) is 0 Å². The molecule has 0 saturated heterocycles. The quantitative estimate of drug-likeness (QED) is 0.547. The lowest BCUT2D eigenvalue weighted by atomic mass is 10.0. The van der Waals surface area contributed by atoms with Crippen LogP contribution < -0.4 is 0 Å². The molecule has 0 aromatic carbocycles. The van der Waals surface area contributed by atoms with Crippen LogP contribution in [0.4, 0.5) is 0 Å². The van der Waals surface area contributed by atoms with Crippen LogP contribution in [0.2, 0.25) is 0 Å². The van der Waals surface area contributed by atoms with Crippen LogP contribution >= 0.6 is 29.1 Å². The van der Waals surface area contributed by atoms with Gasteiger partial charge in [-0.05, 0) is 12.1 Å². The maximum absolute atomic E-state index is 5.76. The zero-order valence-corrected chi connectivity index (χ0v) is 9.72. The van der Waals surface area contributed by atoms with Crippen LogP contribution in [0.5, 0.6) is 0 Å². The summed E-state index contributed by atoms with van der Waals surface area (Å²) >= 11 is 11.5. The zero-order chi connectivity index (χ0) is 8.69. The third-order valence-corrected chi connectivity index (χ3v) is 3.56. The van der Waals surface area contributed by atoms with Crippen molar-refractivity contribution in [3.63, 3.8) is 0 Å². The first-order valence-corrected chi connectivity index (χ1v) is 7.63. The molecule has 1 atom stereocenters. The van der Waals surface area contributed by atoms with Crippen molar-refractivity contribution in [2.45, 2.75) is 39.5 Å². The number of halogens is 2. The predicted octanol–water partition coefficient (Wildman–Crippen LogP) is 4.99. The summed E-state index contributed by atoms with van der Waals surface area (Å²) in [6.45, 7) is 3.72. The van der Waals surface area contributed by atoms with E-state index in [9.17, 15) is 0 Å². The van der Waals surface area contributed by atoms with E-state index in [1.165, 1.54) is 25.7 Å². The van der Waals surface area contributed by atoms with Crippen LogP contribution in [-0.4, -0.2) is 6.16 Å². The topological polar surface area (TPSA) is 0 Å². The molecule has 0 spiro atoms. The average Bonchev–Trinajstić information content (AvgIpc) is 1.97. The lowest BCUT2D eigenvalue weighted by Crippen LogP contribution is -2.01. The second kappa shape index (κ2) is 7.65. The lowest BCUT2D eigenvalue weighted by Gasteiger charge is -2.13. The van der Waals surface area contributed by atoms with E-state index in [0.717, 1.165) is 12.1 Å². The zero-order valence-electron chi connectivity index (χ0n) is 7.32. The monoisotopic (exact) mass is 214 g/mol. The fourth-order valence-electron chi connectivity index (χ4n) is 1.11. The SMILES string of the molecule is CCCCC(CC)CP(Cl)Cl. The van der Waals surface area contributed by atoms with Gasteiger partial charge in [-0.15, -0.1) is 0 Å². The van der Waals surface area contributed by atoms with Crippen LogP contribution in [0.3, 0.4) is 0 Å². The molecule has 0 aromatic heterocycles. The summed E-state index contributed by atoms with van der Waals surface area (Å²) in [5.41, 5.74) is 0. The highest BCUT2D eigenvalue weighted by atomic mass is 35.9. The van der Waals surface area contributed by atoms with Crippen molar-refractivity contribution in [1.82, 2.24) is 0 Å².